The van der Waals surface area contributed by atoms with Crippen LogP contribution in [0.4, 0.5) is 8.78 Å². The van der Waals surface area contributed by atoms with E-state index in [1.54, 1.807) is 12.1 Å². The van der Waals surface area contributed by atoms with Crippen LogP contribution in [0.25, 0.3) is 0 Å². The number of ether oxygens (including phenoxy) is 2. The van der Waals surface area contributed by atoms with Crippen molar-refractivity contribution < 1.29 is 33.0 Å². The largest absolute Gasteiger partial charge is 0.490 e. The van der Waals surface area contributed by atoms with Crippen LogP contribution in [0.2, 0.25) is 0 Å². The lowest BCUT2D eigenvalue weighted by Crippen LogP contribution is -2.63. The molecule has 0 spiro atoms. The van der Waals surface area contributed by atoms with Crippen molar-refractivity contribution in [1.29, 1.82) is 5.41 Å². The minimum atomic E-state index is -3.51. The molecule has 1 fully saturated rings. The number of fused-ring (bicyclic) bond motifs is 2. The van der Waals surface area contributed by atoms with Gasteiger partial charge in [0.05, 0.1) is 18.5 Å². The zero-order chi connectivity index (χ0) is 27.4. The molecule has 2 aliphatic heterocycles. The highest BCUT2D eigenvalue weighted by molar-refractivity contribution is 6.00. The molecule has 0 saturated carbocycles. The number of benzene rings is 2. The Morgan fingerprint density at radius 2 is 2.03 bits per heavy atom. The highest BCUT2D eigenvalue weighted by Gasteiger charge is 2.54. The molecule has 11 heteroatoms. The van der Waals surface area contributed by atoms with E-state index < -0.39 is 41.7 Å². The Kier molecular flexibility index (Phi) is 6.39. The van der Waals surface area contributed by atoms with E-state index in [-0.39, 0.29) is 41.6 Å². The van der Waals surface area contributed by atoms with Gasteiger partial charge in [-0.15, -0.1) is 0 Å². The molecule has 1 aliphatic carbocycles. The summed E-state index contributed by atoms with van der Waals surface area (Å²) in [6.45, 7) is 3.94. The maximum atomic E-state index is 14.7. The monoisotopic (exact) mass is 528 g/mol. The molecule has 2 heterocycles. The second-order valence-electron chi connectivity index (χ2n) is 10.2. The number of carbonyl (C=O) groups excluding carboxylic acids is 2. The van der Waals surface area contributed by atoms with Crippen LogP contribution >= 0.6 is 0 Å². The van der Waals surface area contributed by atoms with Gasteiger partial charge in [-0.05, 0) is 37.1 Å². The van der Waals surface area contributed by atoms with Crippen molar-refractivity contribution in [3.05, 3.63) is 64.7 Å². The molecule has 0 aromatic heterocycles. The average Bonchev–Trinajstić information content (AvgIpc) is 3.08. The fourth-order valence-corrected chi connectivity index (χ4v) is 5.45. The van der Waals surface area contributed by atoms with Crippen molar-refractivity contribution in [3.8, 4) is 5.75 Å². The van der Waals surface area contributed by atoms with Crippen LogP contribution < -0.4 is 15.4 Å². The van der Waals surface area contributed by atoms with Crippen molar-refractivity contribution in [2.45, 2.75) is 62.4 Å². The van der Waals surface area contributed by atoms with Crippen LogP contribution in [0.5, 0.6) is 5.75 Å². The second kappa shape index (κ2) is 9.32. The summed E-state index contributed by atoms with van der Waals surface area (Å²) in [5.74, 6) is -4.11. The normalized spacial score (nSPS) is 29.7. The third-order valence-corrected chi connectivity index (χ3v) is 7.81. The van der Waals surface area contributed by atoms with Crippen LogP contribution in [0, 0.1) is 5.41 Å². The first-order valence-electron chi connectivity index (χ1n) is 12.4. The summed E-state index contributed by atoms with van der Waals surface area (Å²) in [6, 6.07) is 8.21. The maximum Gasteiger partial charge on any atom is 0.301 e. The van der Waals surface area contributed by atoms with Gasteiger partial charge in [0.1, 0.15) is 24.6 Å². The molecular weight excluding hydrogens is 498 g/mol. The number of guanidine groups is 1. The number of nitrogens with zero attached hydrogens (tertiary/aromatic N) is 1. The molecule has 0 radical (unpaired) electrons. The summed E-state index contributed by atoms with van der Waals surface area (Å²) in [5.41, 5.74) is -0.156. The summed E-state index contributed by atoms with van der Waals surface area (Å²) in [6.07, 6.45) is -1.93. The summed E-state index contributed by atoms with van der Waals surface area (Å²) in [4.78, 5) is 27.9. The number of hydrogen-bond donors (Lipinski definition) is 4. The Morgan fingerprint density at radius 1 is 1.29 bits per heavy atom. The number of amides is 2. The lowest BCUT2D eigenvalue weighted by molar-refractivity contribution is -0.136. The molecule has 0 unspecified atom stereocenters. The number of rotatable bonds is 5. The molecule has 4 N–H and O–H groups in total. The number of hydrogen-bond acceptors (Lipinski definition) is 6. The molecular formula is C27H30F2N4O5. The van der Waals surface area contributed by atoms with E-state index in [0.717, 1.165) is 0 Å². The quantitative estimate of drug-likeness (QED) is 0.473. The summed E-state index contributed by atoms with van der Waals surface area (Å²) < 4.78 is 40.7. The Labute approximate surface area is 218 Å². The third-order valence-electron chi connectivity index (χ3n) is 7.81. The van der Waals surface area contributed by atoms with Crippen LogP contribution in [0.1, 0.15) is 65.8 Å². The van der Waals surface area contributed by atoms with Gasteiger partial charge in [0, 0.05) is 29.3 Å². The molecule has 202 valence electrons. The Bertz CT molecular complexity index is 1280. The van der Waals surface area contributed by atoms with Crippen molar-refractivity contribution in [3.63, 3.8) is 0 Å². The molecule has 38 heavy (non-hydrogen) atoms. The fourth-order valence-electron chi connectivity index (χ4n) is 5.45. The summed E-state index contributed by atoms with van der Waals surface area (Å²) >= 11 is 0. The summed E-state index contributed by atoms with van der Waals surface area (Å²) in [5, 5.41) is 24.6. The number of aliphatic hydroxyl groups excluding tert-OH is 1. The van der Waals surface area contributed by atoms with Crippen LogP contribution in [0.15, 0.2) is 42.5 Å². The predicted octanol–water partition coefficient (Wildman–Crippen LogP) is 3.00. The van der Waals surface area contributed by atoms with Crippen molar-refractivity contribution in [2.24, 2.45) is 0 Å². The minimum absolute atomic E-state index is 0.0757. The summed E-state index contributed by atoms with van der Waals surface area (Å²) in [7, 11) is 1.48. The highest BCUT2D eigenvalue weighted by Crippen LogP contribution is 2.47. The van der Waals surface area contributed by atoms with Gasteiger partial charge in [-0.25, -0.2) is 0 Å². The minimum Gasteiger partial charge on any atom is -0.490 e. The second-order valence-corrected chi connectivity index (χ2v) is 10.2. The highest BCUT2D eigenvalue weighted by atomic mass is 19.3. The smallest absolute Gasteiger partial charge is 0.301 e. The zero-order valence-corrected chi connectivity index (χ0v) is 21.3. The Morgan fingerprint density at radius 3 is 2.71 bits per heavy atom. The van der Waals surface area contributed by atoms with Gasteiger partial charge in [0.25, 0.3) is 5.91 Å². The molecule has 0 bridgehead atoms. The molecule has 5 rings (SSSR count). The number of carbonyl (C=O) groups is 2. The molecule has 2 aromatic carbocycles. The number of aliphatic hydroxyl groups is 1. The van der Waals surface area contributed by atoms with Crippen LogP contribution in [-0.2, 0) is 15.5 Å². The lowest BCUT2D eigenvalue weighted by Gasteiger charge is -2.46. The van der Waals surface area contributed by atoms with E-state index in [4.69, 9.17) is 14.9 Å². The van der Waals surface area contributed by atoms with Gasteiger partial charge in [-0.3, -0.25) is 19.9 Å². The third kappa shape index (κ3) is 4.10. The standard InChI is InChI=1S/C27H30F2N4O5/c1-4-26(2)12-20(34)33(25(30)32-26)22-16-11-14(9-10-18(16)38-13-19(22)37-3)24(36)31-21-15-7-5-6-8-17(15)27(28,29)23(21)35/h5-11,19,21-23,35H,4,12-13H2,1-3H3,(H2,30,32)(H,31,36)/t19-,21+,22-,23-,26+/m0/s1. The first-order valence-corrected chi connectivity index (χ1v) is 12.4. The predicted molar refractivity (Wildman–Crippen MR) is 133 cm³/mol. The topological polar surface area (TPSA) is 124 Å². The van der Waals surface area contributed by atoms with Gasteiger partial charge in [0.2, 0.25) is 5.91 Å². The molecule has 9 nitrogen and oxygen atoms in total. The van der Waals surface area contributed by atoms with Crippen molar-refractivity contribution >= 4 is 17.8 Å². The van der Waals surface area contributed by atoms with E-state index in [2.05, 4.69) is 10.6 Å². The van der Waals surface area contributed by atoms with Crippen molar-refractivity contribution in [2.75, 3.05) is 13.7 Å². The zero-order valence-electron chi connectivity index (χ0n) is 21.3. The number of alkyl halides is 2. The maximum absolute atomic E-state index is 14.7. The molecule has 2 aromatic rings. The van der Waals surface area contributed by atoms with Gasteiger partial charge in [-0.2, -0.15) is 8.78 Å². The molecule has 2 amide bonds. The number of halogens is 2. The van der Waals surface area contributed by atoms with Crippen LogP contribution in [0.3, 0.4) is 0 Å². The fraction of sp³-hybridized carbons (Fsp3) is 0.444. The Balaban J connectivity index is 1.47. The first-order chi connectivity index (χ1) is 18.0. The molecule has 5 atom stereocenters. The van der Waals surface area contributed by atoms with Gasteiger partial charge >= 0.3 is 5.92 Å². The molecule has 3 aliphatic rings. The van der Waals surface area contributed by atoms with Gasteiger partial charge in [0.15, 0.2) is 5.96 Å². The van der Waals surface area contributed by atoms with E-state index in [1.807, 2.05) is 13.8 Å². The SMILES string of the molecule is CC[C@]1(C)CC(=O)N([C@H]2c3cc(C(=O)N[C@@H]4c5ccccc5C(F)(F)[C@H]4O)ccc3OC[C@@H]2OC)C(=N)N1. The first kappa shape index (κ1) is 26.1. The van der Waals surface area contributed by atoms with Gasteiger partial charge < -0.3 is 25.2 Å². The number of methoxy groups -OCH3 is 1. The van der Waals surface area contributed by atoms with E-state index in [1.165, 1.54) is 42.3 Å². The number of nitrogens with one attached hydrogen (secondary N) is 3. The van der Waals surface area contributed by atoms with Crippen molar-refractivity contribution in [1.82, 2.24) is 15.5 Å². The van der Waals surface area contributed by atoms with E-state index in [0.29, 0.717) is 17.7 Å². The lowest BCUT2D eigenvalue weighted by atomic mass is 9.88. The Hall–Kier alpha value is -3.57. The van der Waals surface area contributed by atoms with E-state index in [9.17, 15) is 23.5 Å². The average molecular weight is 529 g/mol. The van der Waals surface area contributed by atoms with Crippen LogP contribution in [-0.4, -0.2) is 59.2 Å². The van der Waals surface area contributed by atoms with E-state index >= 15 is 0 Å². The van der Waals surface area contributed by atoms with Gasteiger partial charge in [-0.1, -0.05) is 31.2 Å². The molecule has 1 saturated heterocycles.